The highest BCUT2D eigenvalue weighted by molar-refractivity contribution is 5.42. The summed E-state index contributed by atoms with van der Waals surface area (Å²) in [6.45, 7) is 5.31. The quantitative estimate of drug-likeness (QED) is 0.742. The first-order chi connectivity index (χ1) is 10.3. The van der Waals surface area contributed by atoms with E-state index in [-0.39, 0.29) is 0 Å². The lowest BCUT2D eigenvalue weighted by molar-refractivity contribution is 0.177. The second-order valence-corrected chi connectivity index (χ2v) is 5.76. The van der Waals surface area contributed by atoms with E-state index in [9.17, 15) is 0 Å². The summed E-state index contributed by atoms with van der Waals surface area (Å²) < 4.78 is 5.77. The molecule has 3 nitrogen and oxygen atoms in total. The van der Waals surface area contributed by atoms with E-state index in [1.54, 1.807) is 6.07 Å². The van der Waals surface area contributed by atoms with Crippen molar-refractivity contribution < 1.29 is 4.74 Å². The molecule has 0 spiro atoms. The Labute approximate surface area is 128 Å². The van der Waals surface area contributed by atoms with Crippen molar-refractivity contribution in [1.82, 2.24) is 4.90 Å². The number of likely N-dealkylation sites (tertiary alicyclic amines) is 1. The fourth-order valence-electron chi connectivity index (χ4n) is 3.13. The average molecular weight is 286 g/mol. The standard InChI is InChI=1S/C18H26N2O/c1-2-17-10-4-3-7-12-20(17)13-8-14-21-18-11-6-5-9-16(18)15-19/h5-6,9,11,17H,2-4,7-8,10,12-14H2,1H3. The van der Waals surface area contributed by atoms with Gasteiger partial charge < -0.3 is 9.64 Å². The van der Waals surface area contributed by atoms with Gasteiger partial charge in [-0.25, -0.2) is 0 Å². The van der Waals surface area contributed by atoms with Gasteiger partial charge in [0.25, 0.3) is 0 Å². The number of hydrogen-bond donors (Lipinski definition) is 0. The summed E-state index contributed by atoms with van der Waals surface area (Å²) in [6.07, 6.45) is 7.69. The molecule has 1 atom stereocenters. The van der Waals surface area contributed by atoms with Crippen LogP contribution in [0.4, 0.5) is 0 Å². The molecule has 0 bridgehead atoms. The number of para-hydroxylation sites is 1. The van der Waals surface area contributed by atoms with Crippen molar-refractivity contribution in [2.24, 2.45) is 0 Å². The van der Waals surface area contributed by atoms with E-state index >= 15 is 0 Å². The van der Waals surface area contributed by atoms with Crippen molar-refractivity contribution in [3.63, 3.8) is 0 Å². The lowest BCUT2D eigenvalue weighted by Crippen LogP contribution is -2.35. The summed E-state index contributed by atoms with van der Waals surface area (Å²) in [7, 11) is 0. The molecule has 2 rings (SSSR count). The van der Waals surface area contributed by atoms with Gasteiger partial charge in [0.15, 0.2) is 0 Å². The number of rotatable bonds is 6. The number of benzene rings is 1. The minimum atomic E-state index is 0.624. The van der Waals surface area contributed by atoms with Gasteiger partial charge in [-0.1, -0.05) is 31.9 Å². The third-order valence-electron chi connectivity index (χ3n) is 4.33. The lowest BCUT2D eigenvalue weighted by atomic mass is 10.1. The van der Waals surface area contributed by atoms with Gasteiger partial charge in [-0.15, -0.1) is 0 Å². The molecule has 0 aliphatic carbocycles. The van der Waals surface area contributed by atoms with E-state index in [0.717, 1.165) is 19.0 Å². The van der Waals surface area contributed by atoms with Gasteiger partial charge in [0.1, 0.15) is 11.8 Å². The fourth-order valence-corrected chi connectivity index (χ4v) is 3.13. The molecule has 0 saturated carbocycles. The normalized spacial score (nSPS) is 19.7. The van der Waals surface area contributed by atoms with Gasteiger partial charge in [0.05, 0.1) is 12.2 Å². The third kappa shape index (κ3) is 4.75. The van der Waals surface area contributed by atoms with Crippen molar-refractivity contribution in [2.45, 2.75) is 51.5 Å². The van der Waals surface area contributed by atoms with Crippen LogP contribution in [0.5, 0.6) is 5.75 Å². The third-order valence-corrected chi connectivity index (χ3v) is 4.33. The lowest BCUT2D eigenvalue weighted by Gasteiger charge is -2.29. The average Bonchev–Trinajstić information content (AvgIpc) is 2.76. The van der Waals surface area contributed by atoms with Crippen LogP contribution in [-0.2, 0) is 0 Å². The Hall–Kier alpha value is -1.53. The molecule has 1 unspecified atom stereocenters. The van der Waals surface area contributed by atoms with Crippen LogP contribution in [0.2, 0.25) is 0 Å². The summed E-state index contributed by atoms with van der Waals surface area (Å²) in [5.41, 5.74) is 0.624. The predicted octanol–water partition coefficient (Wildman–Crippen LogP) is 3.98. The highest BCUT2D eigenvalue weighted by atomic mass is 16.5. The number of nitrogens with zero attached hydrogens (tertiary/aromatic N) is 2. The SMILES string of the molecule is CCC1CCCCCN1CCCOc1ccccc1C#N. The molecule has 21 heavy (non-hydrogen) atoms. The van der Waals surface area contributed by atoms with Gasteiger partial charge in [-0.2, -0.15) is 5.26 Å². The number of ether oxygens (including phenoxy) is 1. The molecule has 1 aromatic rings. The first-order valence-electron chi connectivity index (χ1n) is 8.21. The van der Waals surface area contributed by atoms with Crippen molar-refractivity contribution in [2.75, 3.05) is 19.7 Å². The molecule has 0 amide bonds. The first kappa shape index (κ1) is 15.9. The zero-order valence-corrected chi connectivity index (χ0v) is 13.1. The summed E-state index contributed by atoms with van der Waals surface area (Å²) in [5.74, 6) is 0.711. The van der Waals surface area contributed by atoms with Crippen LogP contribution in [0.25, 0.3) is 0 Å². The van der Waals surface area contributed by atoms with E-state index in [2.05, 4.69) is 17.9 Å². The summed E-state index contributed by atoms with van der Waals surface area (Å²) in [5, 5.41) is 9.04. The van der Waals surface area contributed by atoms with E-state index in [1.165, 1.54) is 38.6 Å². The van der Waals surface area contributed by atoms with E-state index < -0.39 is 0 Å². The van der Waals surface area contributed by atoms with Crippen molar-refractivity contribution in [1.29, 1.82) is 5.26 Å². The Morgan fingerprint density at radius 2 is 2.14 bits per heavy atom. The topological polar surface area (TPSA) is 36.3 Å². The number of hydrogen-bond acceptors (Lipinski definition) is 3. The van der Waals surface area contributed by atoms with Gasteiger partial charge in [-0.05, 0) is 44.4 Å². The summed E-state index contributed by atoms with van der Waals surface area (Å²) >= 11 is 0. The van der Waals surface area contributed by atoms with Crippen molar-refractivity contribution in [3.05, 3.63) is 29.8 Å². The number of nitriles is 1. The van der Waals surface area contributed by atoms with Gasteiger partial charge in [-0.3, -0.25) is 0 Å². The predicted molar refractivity (Wildman–Crippen MR) is 85.4 cm³/mol. The Morgan fingerprint density at radius 3 is 2.95 bits per heavy atom. The molecular weight excluding hydrogens is 260 g/mol. The van der Waals surface area contributed by atoms with Crippen LogP contribution < -0.4 is 4.74 Å². The Bertz CT molecular complexity index is 467. The monoisotopic (exact) mass is 286 g/mol. The molecule has 1 fully saturated rings. The van der Waals surface area contributed by atoms with E-state index in [1.807, 2.05) is 18.2 Å². The minimum Gasteiger partial charge on any atom is -0.492 e. The first-order valence-corrected chi connectivity index (χ1v) is 8.21. The highest BCUT2D eigenvalue weighted by Crippen LogP contribution is 2.20. The molecule has 3 heteroatoms. The largest absolute Gasteiger partial charge is 0.492 e. The van der Waals surface area contributed by atoms with Crippen LogP contribution in [0.15, 0.2) is 24.3 Å². The smallest absolute Gasteiger partial charge is 0.137 e. The molecule has 0 aromatic heterocycles. The molecule has 0 N–H and O–H groups in total. The van der Waals surface area contributed by atoms with Crippen LogP contribution in [0.3, 0.4) is 0 Å². The second-order valence-electron chi connectivity index (χ2n) is 5.76. The van der Waals surface area contributed by atoms with Gasteiger partial charge in [0.2, 0.25) is 0 Å². The molecular formula is C18H26N2O. The zero-order chi connectivity index (χ0) is 14.9. The van der Waals surface area contributed by atoms with Crippen molar-refractivity contribution >= 4 is 0 Å². The van der Waals surface area contributed by atoms with Crippen LogP contribution in [0, 0.1) is 11.3 Å². The molecule has 1 saturated heterocycles. The second kappa shape index (κ2) is 8.69. The molecule has 114 valence electrons. The zero-order valence-electron chi connectivity index (χ0n) is 13.1. The Kier molecular flexibility index (Phi) is 6.56. The van der Waals surface area contributed by atoms with Gasteiger partial charge in [0, 0.05) is 12.6 Å². The Balaban J connectivity index is 1.77. The summed E-state index contributed by atoms with van der Waals surface area (Å²) in [6, 6.07) is 10.4. The fraction of sp³-hybridized carbons (Fsp3) is 0.611. The molecule has 1 heterocycles. The maximum Gasteiger partial charge on any atom is 0.137 e. The summed E-state index contributed by atoms with van der Waals surface area (Å²) in [4.78, 5) is 2.63. The van der Waals surface area contributed by atoms with Crippen LogP contribution in [0.1, 0.15) is 51.0 Å². The van der Waals surface area contributed by atoms with Crippen LogP contribution in [-0.4, -0.2) is 30.6 Å². The molecule has 1 aliphatic rings. The molecule has 0 radical (unpaired) electrons. The van der Waals surface area contributed by atoms with E-state index in [4.69, 9.17) is 10.00 Å². The minimum absolute atomic E-state index is 0.624. The van der Waals surface area contributed by atoms with Gasteiger partial charge >= 0.3 is 0 Å². The highest BCUT2D eigenvalue weighted by Gasteiger charge is 2.18. The van der Waals surface area contributed by atoms with Crippen LogP contribution >= 0.6 is 0 Å². The van der Waals surface area contributed by atoms with E-state index in [0.29, 0.717) is 17.9 Å². The maximum atomic E-state index is 9.04. The Morgan fingerprint density at radius 1 is 1.29 bits per heavy atom. The molecule has 1 aliphatic heterocycles. The van der Waals surface area contributed by atoms with Crippen molar-refractivity contribution in [3.8, 4) is 11.8 Å². The molecule has 1 aromatic carbocycles. The maximum absolute atomic E-state index is 9.04.